The molecule has 0 bridgehead atoms. The minimum Gasteiger partial charge on any atom is -0.311 e. The summed E-state index contributed by atoms with van der Waals surface area (Å²) in [6, 6.07) is 86.2. The fourth-order valence-corrected chi connectivity index (χ4v) is 17.2. The Balaban J connectivity index is 0.927. The quantitative estimate of drug-likeness (QED) is 0.0356. The van der Waals surface area contributed by atoms with E-state index in [0.717, 1.165) is 39.7 Å². The van der Waals surface area contributed by atoms with Crippen LogP contribution in [0.1, 0.15) is 246 Å². The summed E-state index contributed by atoms with van der Waals surface area (Å²) in [6.07, 6.45) is 38.5. The number of nitrogens with zero attached hydrogens (tertiary/aromatic N) is 2. The van der Waals surface area contributed by atoms with Crippen LogP contribution in [0.15, 0.2) is 231 Å². The zero-order valence-corrected chi connectivity index (χ0v) is 61.8. The van der Waals surface area contributed by atoms with Gasteiger partial charge in [-0.2, -0.15) is 0 Å². The first-order chi connectivity index (χ1) is 49.2. The van der Waals surface area contributed by atoms with Gasteiger partial charge in [-0.1, -0.05) is 345 Å². The van der Waals surface area contributed by atoms with Crippen molar-refractivity contribution < 1.29 is 0 Å². The second-order valence-electron chi connectivity index (χ2n) is 29.8. The van der Waals surface area contributed by atoms with Crippen LogP contribution in [0.2, 0.25) is 0 Å². The Morgan fingerprint density at radius 1 is 0.270 bits per heavy atom. The lowest BCUT2D eigenvalue weighted by molar-refractivity contribution is 0.394. The van der Waals surface area contributed by atoms with Crippen LogP contribution in [-0.4, -0.2) is 0 Å². The van der Waals surface area contributed by atoms with Crippen molar-refractivity contribution in [3.63, 3.8) is 0 Å². The average molecular weight is 1320 g/mol. The predicted octanol–water partition coefficient (Wildman–Crippen LogP) is 30.4. The molecular formula is C98H114N2. The van der Waals surface area contributed by atoms with E-state index in [9.17, 15) is 0 Å². The van der Waals surface area contributed by atoms with Crippen LogP contribution in [0.3, 0.4) is 0 Å². The molecule has 0 N–H and O–H groups in total. The lowest BCUT2D eigenvalue weighted by Crippen LogP contribution is -2.27. The van der Waals surface area contributed by atoms with Gasteiger partial charge in [0.05, 0.1) is 5.69 Å². The fraction of sp³-hybridized carbons (Fsp3) is 0.367. The van der Waals surface area contributed by atoms with E-state index in [1.54, 1.807) is 33.4 Å². The molecule has 0 aliphatic heterocycles. The van der Waals surface area contributed by atoms with Crippen molar-refractivity contribution in [2.24, 2.45) is 0 Å². The number of fused-ring (bicyclic) bond motifs is 6. The molecule has 516 valence electrons. The summed E-state index contributed by atoms with van der Waals surface area (Å²) >= 11 is 0. The van der Waals surface area contributed by atoms with E-state index in [-0.39, 0.29) is 10.8 Å². The number of hydrogen-bond acceptors (Lipinski definition) is 2. The summed E-state index contributed by atoms with van der Waals surface area (Å²) in [6.45, 7) is 17.9. The first-order valence-corrected chi connectivity index (χ1v) is 39.5. The number of para-hydroxylation sites is 1. The largest absolute Gasteiger partial charge is 0.311 e. The summed E-state index contributed by atoms with van der Waals surface area (Å²) in [5.74, 6) is 0. The van der Waals surface area contributed by atoms with E-state index in [1.165, 1.54) is 235 Å². The monoisotopic (exact) mass is 1320 g/mol. The summed E-state index contributed by atoms with van der Waals surface area (Å²) in [5.41, 5.74) is 30.4. The summed E-state index contributed by atoms with van der Waals surface area (Å²) in [4.78, 5) is 4.80. The Morgan fingerprint density at radius 3 is 1.06 bits per heavy atom. The maximum Gasteiger partial charge on any atom is 0.0540 e. The molecule has 0 aromatic heterocycles. The minimum atomic E-state index is -0.0634. The van der Waals surface area contributed by atoms with Crippen molar-refractivity contribution in [1.29, 1.82) is 0 Å². The highest BCUT2D eigenvalue weighted by atomic mass is 15.1. The number of unbranched alkanes of at least 4 members (excludes halogenated alkanes) is 20. The Labute approximate surface area is 604 Å². The number of anilines is 6. The van der Waals surface area contributed by atoms with Gasteiger partial charge in [0.1, 0.15) is 0 Å². The van der Waals surface area contributed by atoms with E-state index in [1.807, 2.05) is 6.08 Å². The standard InChI is InChI=1S/C98H114N2/c1-8-13-17-21-25-34-66-97(67-35-26-22-18-14-9-2)92-70-75(7)44-64-88(92)90-72-95-91(73-94(90)97)89-65-53-81(71-93(89)98(95,68-36-27-23-19-15-10-3)69-37-28-24-20-16-11-4)79-51-62-86(63-52-79)100(96-41-33-32-40-87(96)80-38-30-29-31-39-80)85-60-49-78(50-61-85)77-47-58-84(59-48-77)99(82-54-42-74(6)43-55-82)83-56-45-76(12-5)46-57-83/h12,29-33,38-65,70-73H,5,8-11,13-28,34-37,66-69H2,1-4,6-7H3. The molecule has 0 fully saturated rings. The van der Waals surface area contributed by atoms with Crippen LogP contribution in [-0.2, 0) is 10.8 Å². The molecule has 0 radical (unpaired) electrons. The smallest absolute Gasteiger partial charge is 0.0540 e. The fourth-order valence-electron chi connectivity index (χ4n) is 17.2. The van der Waals surface area contributed by atoms with Gasteiger partial charge in [0.15, 0.2) is 0 Å². The zero-order chi connectivity index (χ0) is 69.1. The summed E-state index contributed by atoms with van der Waals surface area (Å²) in [7, 11) is 0. The number of benzene rings is 10. The van der Waals surface area contributed by atoms with E-state index in [4.69, 9.17) is 0 Å². The van der Waals surface area contributed by atoms with E-state index in [2.05, 4.69) is 282 Å². The van der Waals surface area contributed by atoms with Crippen molar-refractivity contribution in [2.45, 2.75) is 232 Å². The van der Waals surface area contributed by atoms with Crippen molar-refractivity contribution in [2.75, 3.05) is 9.80 Å². The molecule has 0 saturated heterocycles. The first kappa shape index (κ1) is 71.4. The number of rotatable bonds is 38. The minimum absolute atomic E-state index is 0.0300. The molecule has 10 aromatic carbocycles. The van der Waals surface area contributed by atoms with E-state index < -0.39 is 0 Å². The van der Waals surface area contributed by atoms with E-state index in [0.29, 0.717) is 0 Å². The van der Waals surface area contributed by atoms with Gasteiger partial charge in [-0.25, -0.2) is 0 Å². The molecule has 0 heterocycles. The predicted molar refractivity (Wildman–Crippen MR) is 436 cm³/mol. The highest BCUT2D eigenvalue weighted by molar-refractivity contribution is 5.93. The van der Waals surface area contributed by atoms with Gasteiger partial charge in [-0.15, -0.1) is 0 Å². The van der Waals surface area contributed by atoms with Crippen LogP contribution in [0.25, 0.3) is 61.7 Å². The topological polar surface area (TPSA) is 6.48 Å². The second kappa shape index (κ2) is 34.7. The van der Waals surface area contributed by atoms with Gasteiger partial charge in [0.2, 0.25) is 0 Å². The molecule has 0 spiro atoms. The normalized spacial score (nSPS) is 13.0. The molecule has 100 heavy (non-hydrogen) atoms. The van der Waals surface area contributed by atoms with Crippen LogP contribution >= 0.6 is 0 Å². The molecule has 10 aromatic rings. The Kier molecular flexibility index (Phi) is 24.8. The molecule has 12 rings (SSSR count). The van der Waals surface area contributed by atoms with E-state index >= 15 is 0 Å². The van der Waals surface area contributed by atoms with Gasteiger partial charge in [-0.05, 0) is 202 Å². The van der Waals surface area contributed by atoms with Crippen LogP contribution in [0.5, 0.6) is 0 Å². The molecule has 0 unspecified atom stereocenters. The molecular weight excluding hydrogens is 1210 g/mol. The third-order valence-corrected chi connectivity index (χ3v) is 22.8. The highest BCUT2D eigenvalue weighted by Crippen LogP contribution is 2.62. The van der Waals surface area contributed by atoms with Gasteiger partial charge < -0.3 is 9.80 Å². The summed E-state index contributed by atoms with van der Waals surface area (Å²) in [5, 5.41) is 0. The van der Waals surface area contributed by atoms with Crippen LogP contribution in [0, 0.1) is 13.8 Å². The summed E-state index contributed by atoms with van der Waals surface area (Å²) < 4.78 is 0. The van der Waals surface area contributed by atoms with Gasteiger partial charge in [0.25, 0.3) is 0 Å². The van der Waals surface area contributed by atoms with Crippen LogP contribution in [0.4, 0.5) is 34.1 Å². The SMILES string of the molecule is C=Cc1ccc(N(c2ccc(C)cc2)c2ccc(-c3ccc(N(c4ccc(-c5ccc6c(c5)C(CCCCCCCC)(CCCCCCCC)c5cc7c(cc5-6)C(CCCCCCCC)(CCCCCCCC)c5cc(C)ccc5-7)cc4)c4ccccc4-c4ccccc4)cc3)cc2)cc1. The van der Waals surface area contributed by atoms with Crippen molar-refractivity contribution in [1.82, 2.24) is 0 Å². The lowest BCUT2D eigenvalue weighted by atomic mass is 9.68. The lowest BCUT2D eigenvalue weighted by Gasteiger charge is -2.35. The van der Waals surface area contributed by atoms with Crippen molar-refractivity contribution in [3.05, 3.63) is 270 Å². The molecule has 0 amide bonds. The highest BCUT2D eigenvalue weighted by Gasteiger charge is 2.48. The Hall–Kier alpha value is -8.46. The van der Waals surface area contributed by atoms with Gasteiger partial charge in [0, 0.05) is 44.8 Å². The molecule has 0 atom stereocenters. The molecule has 2 aliphatic carbocycles. The molecule has 0 saturated carbocycles. The maximum atomic E-state index is 4.01. The molecule has 2 aliphatic rings. The Bertz CT molecular complexity index is 4180. The van der Waals surface area contributed by atoms with Crippen molar-refractivity contribution in [3.8, 4) is 55.6 Å². The van der Waals surface area contributed by atoms with Crippen LogP contribution < -0.4 is 9.80 Å². The third-order valence-electron chi connectivity index (χ3n) is 22.8. The third kappa shape index (κ3) is 16.1. The molecule has 2 nitrogen and oxygen atoms in total. The second-order valence-corrected chi connectivity index (χ2v) is 29.8. The van der Waals surface area contributed by atoms with Gasteiger partial charge >= 0.3 is 0 Å². The Morgan fingerprint density at radius 2 is 0.610 bits per heavy atom. The van der Waals surface area contributed by atoms with Gasteiger partial charge in [-0.3, -0.25) is 0 Å². The van der Waals surface area contributed by atoms with Crippen molar-refractivity contribution >= 4 is 40.2 Å². The molecule has 2 heteroatoms. The first-order valence-electron chi connectivity index (χ1n) is 39.5. The maximum absolute atomic E-state index is 4.01. The average Bonchev–Trinajstić information content (AvgIpc) is 1.53. The number of hydrogen-bond donors (Lipinski definition) is 0. The number of aryl methyl sites for hydroxylation is 2. The zero-order valence-electron chi connectivity index (χ0n) is 61.8.